The molecule has 180 valence electrons. The van der Waals surface area contributed by atoms with Crippen LogP contribution in [-0.2, 0) is 9.59 Å². The van der Waals surface area contributed by atoms with Gasteiger partial charge in [0.2, 0.25) is 5.91 Å². The maximum atomic E-state index is 13.1. The van der Waals surface area contributed by atoms with Crippen LogP contribution in [0.3, 0.4) is 0 Å². The summed E-state index contributed by atoms with van der Waals surface area (Å²) in [6.07, 6.45) is 1.01. The number of aromatic nitrogens is 2. The number of Topliss-reactive ketones (excluding diaryl/α,β-unsaturated/α-hetero) is 1. The Hall–Kier alpha value is -4.37. The van der Waals surface area contributed by atoms with Crippen molar-refractivity contribution in [2.24, 2.45) is 0 Å². The Balaban J connectivity index is 1.43. The van der Waals surface area contributed by atoms with Crippen LogP contribution in [-0.4, -0.2) is 40.2 Å². The maximum absolute atomic E-state index is 13.1. The molecule has 2 aromatic carbocycles. The third-order valence-corrected chi connectivity index (χ3v) is 6.54. The largest absolute Gasteiger partial charge is 0.479 e. The smallest absolute Gasteiger partial charge is 0.268 e. The zero-order chi connectivity index (χ0) is 25.2. The van der Waals surface area contributed by atoms with Crippen LogP contribution < -0.4 is 15.0 Å². The Morgan fingerprint density at radius 3 is 2.61 bits per heavy atom. The van der Waals surface area contributed by atoms with E-state index in [0.717, 1.165) is 22.0 Å². The van der Waals surface area contributed by atoms with Gasteiger partial charge in [-0.05, 0) is 61.5 Å². The van der Waals surface area contributed by atoms with E-state index in [1.165, 1.54) is 23.2 Å². The van der Waals surface area contributed by atoms with Gasteiger partial charge in [0, 0.05) is 35.3 Å². The van der Waals surface area contributed by atoms with E-state index >= 15 is 0 Å². The zero-order valence-corrected chi connectivity index (χ0v) is 20.4. The summed E-state index contributed by atoms with van der Waals surface area (Å²) >= 11 is 1.48. The van der Waals surface area contributed by atoms with Crippen LogP contribution in [0, 0.1) is 0 Å². The summed E-state index contributed by atoms with van der Waals surface area (Å²) < 4.78 is 5.81. The van der Waals surface area contributed by atoms with E-state index in [2.05, 4.69) is 10.3 Å². The van der Waals surface area contributed by atoms with Gasteiger partial charge in [-0.2, -0.15) is 0 Å². The number of carbonyl (C=O) groups excluding carboxylic acids is 3. The summed E-state index contributed by atoms with van der Waals surface area (Å²) in [6, 6.07) is 17.8. The topological polar surface area (TPSA) is 101 Å². The minimum Gasteiger partial charge on any atom is -0.479 e. The minimum atomic E-state index is -0.715. The molecule has 0 spiro atoms. The van der Waals surface area contributed by atoms with Gasteiger partial charge in [0.05, 0.1) is 23.6 Å². The Labute approximate surface area is 211 Å². The van der Waals surface area contributed by atoms with Gasteiger partial charge < -0.3 is 10.1 Å². The number of fused-ring (bicyclic) bond motifs is 1. The molecule has 9 heteroatoms. The maximum Gasteiger partial charge on any atom is 0.268 e. The molecule has 2 aromatic heterocycles. The molecule has 1 unspecified atom stereocenters. The Bertz CT molecular complexity index is 1450. The second-order valence-corrected chi connectivity index (χ2v) is 9.16. The molecule has 36 heavy (non-hydrogen) atoms. The third-order valence-electron chi connectivity index (χ3n) is 5.68. The van der Waals surface area contributed by atoms with Crippen LogP contribution in [0.15, 0.2) is 72.2 Å². The standard InChI is InChI=1S/C27H22N4O4S/c1-16-27(34)31(14-24(33)18-6-9-20(10-7-18)29-17(2)32)23-13-19(8-11-25(23)35-16)22-15-36-26(30-22)21-5-3-4-12-28-21/h3-13,15-16H,14H2,1-2H3,(H,29,32). The highest BCUT2D eigenvalue weighted by atomic mass is 32.1. The lowest BCUT2D eigenvalue weighted by atomic mass is 10.1. The number of nitrogens with one attached hydrogen (secondary N) is 1. The molecular weight excluding hydrogens is 476 g/mol. The number of carbonyl (C=O) groups is 3. The second kappa shape index (κ2) is 9.71. The number of thiazole rings is 1. The monoisotopic (exact) mass is 498 g/mol. The minimum absolute atomic E-state index is 0.140. The van der Waals surface area contributed by atoms with Crippen molar-refractivity contribution in [3.05, 3.63) is 77.8 Å². The first-order valence-corrected chi connectivity index (χ1v) is 12.2. The summed E-state index contributed by atoms with van der Waals surface area (Å²) in [5.41, 5.74) is 3.89. The molecule has 0 aliphatic carbocycles. The molecule has 1 atom stereocenters. The number of benzene rings is 2. The number of ether oxygens (including phenoxy) is 1. The van der Waals surface area contributed by atoms with Crippen LogP contribution in [0.1, 0.15) is 24.2 Å². The molecule has 5 rings (SSSR count). The molecular formula is C27H22N4O4S. The zero-order valence-electron chi connectivity index (χ0n) is 19.6. The van der Waals surface area contributed by atoms with Crippen molar-refractivity contribution >= 4 is 40.3 Å². The first-order valence-electron chi connectivity index (χ1n) is 11.3. The summed E-state index contributed by atoms with van der Waals surface area (Å²) in [6.45, 7) is 2.94. The fourth-order valence-electron chi connectivity index (χ4n) is 3.92. The van der Waals surface area contributed by atoms with Gasteiger partial charge >= 0.3 is 0 Å². The molecule has 1 aliphatic rings. The van der Waals surface area contributed by atoms with E-state index in [9.17, 15) is 14.4 Å². The van der Waals surface area contributed by atoms with Crippen molar-refractivity contribution in [3.63, 3.8) is 0 Å². The van der Waals surface area contributed by atoms with Gasteiger partial charge in [0.15, 0.2) is 11.9 Å². The molecule has 0 radical (unpaired) electrons. The first-order chi connectivity index (χ1) is 17.4. The molecule has 8 nitrogen and oxygen atoms in total. The first kappa shape index (κ1) is 23.4. The number of rotatable bonds is 6. The highest BCUT2D eigenvalue weighted by molar-refractivity contribution is 7.13. The fourth-order valence-corrected chi connectivity index (χ4v) is 4.72. The molecule has 0 saturated heterocycles. The lowest BCUT2D eigenvalue weighted by Crippen LogP contribution is -2.46. The van der Waals surface area contributed by atoms with Crippen LogP contribution in [0.2, 0.25) is 0 Å². The predicted molar refractivity (Wildman–Crippen MR) is 138 cm³/mol. The van der Waals surface area contributed by atoms with Gasteiger partial charge in [-0.3, -0.25) is 24.3 Å². The van der Waals surface area contributed by atoms with Crippen LogP contribution in [0.4, 0.5) is 11.4 Å². The van der Waals surface area contributed by atoms with Gasteiger partial charge in [-0.15, -0.1) is 11.3 Å². The number of pyridine rings is 1. The Morgan fingerprint density at radius 1 is 1.08 bits per heavy atom. The van der Waals surface area contributed by atoms with Crippen molar-refractivity contribution < 1.29 is 19.1 Å². The SMILES string of the molecule is CC(=O)Nc1ccc(C(=O)CN2C(=O)C(C)Oc3ccc(-c4csc(-c5ccccn5)n4)cc32)cc1. The van der Waals surface area contributed by atoms with Crippen LogP contribution >= 0.6 is 11.3 Å². The van der Waals surface area contributed by atoms with E-state index in [1.54, 1.807) is 43.5 Å². The van der Waals surface area contributed by atoms with Gasteiger partial charge in [-0.25, -0.2) is 4.98 Å². The van der Waals surface area contributed by atoms with E-state index in [0.29, 0.717) is 22.7 Å². The number of anilines is 2. The molecule has 2 amide bonds. The number of hydrogen-bond acceptors (Lipinski definition) is 7. The second-order valence-electron chi connectivity index (χ2n) is 8.30. The normalized spacial score (nSPS) is 14.7. The van der Waals surface area contributed by atoms with Crippen molar-refractivity contribution in [1.82, 2.24) is 9.97 Å². The Morgan fingerprint density at radius 2 is 1.89 bits per heavy atom. The molecule has 3 heterocycles. The molecule has 0 bridgehead atoms. The van der Waals surface area contributed by atoms with E-state index in [-0.39, 0.29) is 24.1 Å². The number of hydrogen-bond donors (Lipinski definition) is 1. The summed E-state index contributed by atoms with van der Waals surface area (Å²) in [7, 11) is 0. The quantitative estimate of drug-likeness (QED) is 0.382. The van der Waals surface area contributed by atoms with Crippen molar-refractivity contribution in [3.8, 4) is 27.7 Å². The average Bonchev–Trinajstić information content (AvgIpc) is 3.37. The molecule has 1 aliphatic heterocycles. The van der Waals surface area contributed by atoms with Gasteiger partial charge in [-0.1, -0.05) is 6.07 Å². The van der Waals surface area contributed by atoms with Crippen molar-refractivity contribution in [2.75, 3.05) is 16.8 Å². The summed E-state index contributed by atoms with van der Waals surface area (Å²) in [4.78, 5) is 47.9. The van der Waals surface area contributed by atoms with Gasteiger partial charge in [0.1, 0.15) is 10.8 Å². The molecule has 4 aromatic rings. The van der Waals surface area contributed by atoms with Crippen LogP contribution in [0.5, 0.6) is 5.75 Å². The lowest BCUT2D eigenvalue weighted by molar-refractivity contribution is -0.125. The molecule has 0 saturated carbocycles. The fraction of sp³-hybridized carbons (Fsp3) is 0.148. The molecule has 0 fully saturated rings. The summed E-state index contributed by atoms with van der Waals surface area (Å²) in [5, 5.41) is 5.40. The Kier molecular flexibility index (Phi) is 6.30. The van der Waals surface area contributed by atoms with E-state index in [1.807, 2.05) is 35.7 Å². The lowest BCUT2D eigenvalue weighted by Gasteiger charge is -2.33. The summed E-state index contributed by atoms with van der Waals surface area (Å²) in [5.74, 6) is -0.189. The highest BCUT2D eigenvalue weighted by Gasteiger charge is 2.33. The average molecular weight is 499 g/mol. The number of ketones is 1. The number of amides is 2. The van der Waals surface area contributed by atoms with E-state index < -0.39 is 6.10 Å². The third kappa shape index (κ3) is 4.73. The van der Waals surface area contributed by atoms with Gasteiger partial charge in [0.25, 0.3) is 5.91 Å². The van der Waals surface area contributed by atoms with E-state index in [4.69, 9.17) is 9.72 Å². The highest BCUT2D eigenvalue weighted by Crippen LogP contribution is 2.38. The van der Waals surface area contributed by atoms with Crippen LogP contribution in [0.25, 0.3) is 22.0 Å². The predicted octanol–water partition coefficient (Wildman–Crippen LogP) is 4.83. The van der Waals surface area contributed by atoms with Crippen molar-refractivity contribution in [1.29, 1.82) is 0 Å². The molecule has 1 N–H and O–H groups in total. The van der Waals surface area contributed by atoms with Crippen molar-refractivity contribution in [2.45, 2.75) is 20.0 Å². The number of nitrogens with zero attached hydrogens (tertiary/aromatic N) is 3.